The molecule has 19 heavy (non-hydrogen) atoms. The second-order valence-electron chi connectivity index (χ2n) is 5.41. The fourth-order valence-electron chi connectivity index (χ4n) is 2.68. The van der Waals surface area contributed by atoms with E-state index in [1.807, 2.05) is 18.2 Å². The number of carbonyl (C=O) groups excluding carboxylic acids is 1. The average Bonchev–Trinajstić information content (AvgIpc) is 2.41. The predicted molar refractivity (Wildman–Crippen MR) is 74.6 cm³/mol. The molecule has 3 heteroatoms. The van der Waals surface area contributed by atoms with Crippen LogP contribution < -0.4 is 0 Å². The van der Waals surface area contributed by atoms with Crippen molar-refractivity contribution >= 4 is 5.78 Å². The standard InChI is InChI=1S/C16H20N2O/c1-12-9-14(10-17)3-4-16(12)11-18-7-5-15(6-8-18)13(2)19/h3-4,9,15H,5-8,11H2,1-2H3. The van der Waals surface area contributed by atoms with E-state index in [1.165, 1.54) is 11.1 Å². The minimum absolute atomic E-state index is 0.262. The van der Waals surface area contributed by atoms with E-state index in [4.69, 9.17) is 5.26 Å². The van der Waals surface area contributed by atoms with E-state index >= 15 is 0 Å². The van der Waals surface area contributed by atoms with Crippen molar-refractivity contribution in [2.24, 2.45) is 5.92 Å². The summed E-state index contributed by atoms with van der Waals surface area (Å²) in [4.78, 5) is 13.7. The zero-order valence-corrected chi connectivity index (χ0v) is 11.6. The SMILES string of the molecule is CC(=O)C1CCN(Cc2ccc(C#N)cc2C)CC1. The Kier molecular flexibility index (Phi) is 4.34. The molecule has 0 radical (unpaired) electrons. The summed E-state index contributed by atoms with van der Waals surface area (Å²) >= 11 is 0. The lowest BCUT2D eigenvalue weighted by atomic mass is 9.93. The number of nitriles is 1. The summed E-state index contributed by atoms with van der Waals surface area (Å²) in [6.45, 7) is 6.65. The molecule has 0 bridgehead atoms. The Bertz CT molecular complexity index is 508. The Labute approximate surface area is 114 Å². The number of ketones is 1. The molecule has 2 rings (SSSR count). The van der Waals surface area contributed by atoms with Gasteiger partial charge in [0.15, 0.2) is 0 Å². The lowest BCUT2D eigenvalue weighted by Crippen LogP contribution is -2.35. The van der Waals surface area contributed by atoms with Gasteiger partial charge in [-0.2, -0.15) is 5.26 Å². The van der Waals surface area contributed by atoms with Crippen LogP contribution in [0.5, 0.6) is 0 Å². The minimum Gasteiger partial charge on any atom is -0.300 e. The van der Waals surface area contributed by atoms with Crippen molar-refractivity contribution in [3.05, 3.63) is 34.9 Å². The molecule has 0 saturated carbocycles. The molecule has 1 heterocycles. The van der Waals surface area contributed by atoms with E-state index in [-0.39, 0.29) is 5.92 Å². The highest BCUT2D eigenvalue weighted by Gasteiger charge is 2.22. The van der Waals surface area contributed by atoms with Gasteiger partial charge in [0.25, 0.3) is 0 Å². The van der Waals surface area contributed by atoms with E-state index < -0.39 is 0 Å². The number of nitrogens with zero attached hydrogens (tertiary/aromatic N) is 2. The summed E-state index contributed by atoms with van der Waals surface area (Å²) in [6.07, 6.45) is 1.95. The van der Waals surface area contributed by atoms with Gasteiger partial charge in [0.2, 0.25) is 0 Å². The van der Waals surface area contributed by atoms with Crippen LogP contribution in [0, 0.1) is 24.2 Å². The second kappa shape index (κ2) is 5.99. The summed E-state index contributed by atoms with van der Waals surface area (Å²) in [6, 6.07) is 8.03. The van der Waals surface area contributed by atoms with Gasteiger partial charge in [-0.05, 0) is 63.0 Å². The predicted octanol–water partition coefficient (Wildman–Crippen LogP) is 2.67. The first-order valence-electron chi connectivity index (χ1n) is 6.82. The average molecular weight is 256 g/mol. The molecule has 1 fully saturated rings. The molecule has 0 amide bonds. The first kappa shape index (κ1) is 13.8. The van der Waals surface area contributed by atoms with E-state index in [0.717, 1.165) is 38.0 Å². The Balaban J connectivity index is 1.96. The number of benzene rings is 1. The van der Waals surface area contributed by atoms with Crippen molar-refractivity contribution in [3.8, 4) is 6.07 Å². The molecule has 0 spiro atoms. The second-order valence-corrected chi connectivity index (χ2v) is 5.41. The van der Waals surface area contributed by atoms with Gasteiger partial charge in [-0.15, -0.1) is 0 Å². The number of carbonyl (C=O) groups is 1. The quantitative estimate of drug-likeness (QED) is 0.835. The lowest BCUT2D eigenvalue weighted by Gasteiger charge is -2.31. The third-order valence-corrected chi connectivity index (χ3v) is 4.03. The fraction of sp³-hybridized carbons (Fsp3) is 0.500. The van der Waals surface area contributed by atoms with Crippen LogP contribution in [0.25, 0.3) is 0 Å². The minimum atomic E-state index is 0.262. The maximum atomic E-state index is 11.3. The topological polar surface area (TPSA) is 44.1 Å². The van der Waals surface area contributed by atoms with Crippen LogP contribution in [0.2, 0.25) is 0 Å². The molecule has 1 saturated heterocycles. The van der Waals surface area contributed by atoms with E-state index in [0.29, 0.717) is 5.78 Å². The van der Waals surface area contributed by atoms with Gasteiger partial charge < -0.3 is 0 Å². The number of hydrogen-bond donors (Lipinski definition) is 0. The zero-order chi connectivity index (χ0) is 13.8. The van der Waals surface area contributed by atoms with E-state index in [2.05, 4.69) is 17.9 Å². The molecule has 100 valence electrons. The van der Waals surface area contributed by atoms with Crippen LogP contribution >= 0.6 is 0 Å². The number of piperidine rings is 1. The molecule has 1 aliphatic rings. The Hall–Kier alpha value is -1.66. The first-order chi connectivity index (χ1) is 9.10. The van der Waals surface area contributed by atoms with Crippen molar-refractivity contribution in [2.75, 3.05) is 13.1 Å². The number of hydrogen-bond acceptors (Lipinski definition) is 3. The van der Waals surface area contributed by atoms with Crippen LogP contribution in [0.4, 0.5) is 0 Å². The number of Topliss-reactive ketones (excluding diaryl/α,β-unsaturated/α-hetero) is 1. The van der Waals surface area contributed by atoms with Gasteiger partial charge in [-0.1, -0.05) is 6.07 Å². The number of aryl methyl sites for hydroxylation is 1. The monoisotopic (exact) mass is 256 g/mol. The van der Waals surface area contributed by atoms with Crippen LogP contribution in [0.3, 0.4) is 0 Å². The Morgan fingerprint density at radius 3 is 2.63 bits per heavy atom. The highest BCUT2D eigenvalue weighted by atomic mass is 16.1. The Morgan fingerprint density at radius 1 is 1.42 bits per heavy atom. The molecule has 1 aromatic rings. The molecule has 1 aliphatic heterocycles. The summed E-state index contributed by atoms with van der Waals surface area (Å²) in [5.74, 6) is 0.590. The van der Waals surface area contributed by atoms with Gasteiger partial charge >= 0.3 is 0 Å². The summed E-state index contributed by atoms with van der Waals surface area (Å²) < 4.78 is 0. The maximum absolute atomic E-state index is 11.3. The van der Waals surface area contributed by atoms with Gasteiger partial charge in [-0.3, -0.25) is 9.69 Å². The number of likely N-dealkylation sites (tertiary alicyclic amines) is 1. The third kappa shape index (κ3) is 3.42. The number of rotatable bonds is 3. The van der Waals surface area contributed by atoms with Gasteiger partial charge in [0.05, 0.1) is 11.6 Å². The van der Waals surface area contributed by atoms with Crippen LogP contribution in [-0.2, 0) is 11.3 Å². The van der Waals surface area contributed by atoms with Gasteiger partial charge in [0.1, 0.15) is 5.78 Å². The molecule has 0 atom stereocenters. The summed E-state index contributed by atoms with van der Waals surface area (Å²) in [5.41, 5.74) is 3.17. The molecule has 0 aliphatic carbocycles. The zero-order valence-electron chi connectivity index (χ0n) is 11.6. The summed E-state index contributed by atoms with van der Waals surface area (Å²) in [7, 11) is 0. The molecule has 0 unspecified atom stereocenters. The lowest BCUT2D eigenvalue weighted by molar-refractivity contribution is -0.122. The maximum Gasteiger partial charge on any atom is 0.133 e. The molecule has 0 N–H and O–H groups in total. The van der Waals surface area contributed by atoms with Crippen molar-refractivity contribution in [1.82, 2.24) is 4.90 Å². The first-order valence-corrected chi connectivity index (χ1v) is 6.82. The van der Waals surface area contributed by atoms with Crippen molar-refractivity contribution < 1.29 is 4.79 Å². The highest BCUT2D eigenvalue weighted by Crippen LogP contribution is 2.21. The van der Waals surface area contributed by atoms with Crippen molar-refractivity contribution in [2.45, 2.75) is 33.2 Å². The molecule has 0 aromatic heterocycles. The van der Waals surface area contributed by atoms with E-state index in [1.54, 1.807) is 6.92 Å². The smallest absolute Gasteiger partial charge is 0.133 e. The van der Waals surface area contributed by atoms with Crippen molar-refractivity contribution in [1.29, 1.82) is 5.26 Å². The van der Waals surface area contributed by atoms with E-state index in [9.17, 15) is 4.79 Å². The summed E-state index contributed by atoms with van der Waals surface area (Å²) in [5, 5.41) is 8.86. The van der Waals surface area contributed by atoms with Gasteiger partial charge in [-0.25, -0.2) is 0 Å². The normalized spacial score (nSPS) is 17.1. The molecular formula is C16H20N2O. The van der Waals surface area contributed by atoms with Crippen LogP contribution in [0.1, 0.15) is 36.5 Å². The Morgan fingerprint density at radius 2 is 2.11 bits per heavy atom. The molecule has 1 aromatic carbocycles. The third-order valence-electron chi connectivity index (χ3n) is 4.03. The largest absolute Gasteiger partial charge is 0.300 e. The van der Waals surface area contributed by atoms with Crippen LogP contribution in [0.15, 0.2) is 18.2 Å². The van der Waals surface area contributed by atoms with Crippen LogP contribution in [-0.4, -0.2) is 23.8 Å². The van der Waals surface area contributed by atoms with Gasteiger partial charge in [0, 0.05) is 12.5 Å². The fourth-order valence-corrected chi connectivity index (χ4v) is 2.68. The highest BCUT2D eigenvalue weighted by molar-refractivity contribution is 5.78. The molecule has 3 nitrogen and oxygen atoms in total. The molecular weight excluding hydrogens is 236 g/mol. The van der Waals surface area contributed by atoms with Crippen molar-refractivity contribution in [3.63, 3.8) is 0 Å².